The molecule has 0 spiro atoms. The van der Waals surface area contributed by atoms with Gasteiger partial charge in [0.1, 0.15) is 5.75 Å². The fourth-order valence-corrected chi connectivity index (χ4v) is 11.2. The summed E-state index contributed by atoms with van der Waals surface area (Å²) in [5.41, 5.74) is 3.46. The Kier molecular flexibility index (Phi) is 10.2. The summed E-state index contributed by atoms with van der Waals surface area (Å²) in [6, 6.07) is 26.7. The number of rotatable bonds is 13. The third-order valence-corrected chi connectivity index (χ3v) is 14.1. The minimum Gasteiger partial charge on any atom is -0.497 e. The minimum atomic E-state index is -2.12. The van der Waals surface area contributed by atoms with Gasteiger partial charge < -0.3 is 24.4 Å². The molecule has 0 unspecified atom stereocenters. The van der Waals surface area contributed by atoms with Crippen LogP contribution in [0.5, 0.6) is 5.75 Å². The lowest BCUT2D eigenvalue weighted by Crippen LogP contribution is -2.51. The molecule has 0 saturated carbocycles. The molecule has 5 rings (SSSR count). The number of hydrogen-bond donors (Lipinski definition) is 1. The van der Waals surface area contributed by atoms with Gasteiger partial charge in [0.25, 0.3) is 0 Å². The number of β-lactam (4-membered cyclic amide) rings is 1. The Morgan fingerprint density at radius 1 is 1.00 bits per heavy atom. The van der Waals surface area contributed by atoms with Gasteiger partial charge in [-0.2, -0.15) is 0 Å². The van der Waals surface area contributed by atoms with Gasteiger partial charge in [0.05, 0.1) is 40.4 Å². The van der Waals surface area contributed by atoms with Crippen molar-refractivity contribution in [3.8, 4) is 5.75 Å². The van der Waals surface area contributed by atoms with Crippen molar-refractivity contribution in [2.45, 2.75) is 70.0 Å². The number of amides is 2. The summed E-state index contributed by atoms with van der Waals surface area (Å²) in [5.74, 6) is 1.31. The van der Waals surface area contributed by atoms with Gasteiger partial charge in [0, 0.05) is 31.7 Å². The summed E-state index contributed by atoms with van der Waals surface area (Å²) < 4.78 is 12.3. The van der Waals surface area contributed by atoms with Gasteiger partial charge in [0.2, 0.25) is 11.8 Å². The molecule has 0 aliphatic carbocycles. The molecule has 0 bridgehead atoms. The molecule has 7 nitrogen and oxygen atoms in total. The lowest BCUT2D eigenvalue weighted by Gasteiger charge is -2.36. The predicted molar refractivity (Wildman–Crippen MR) is 177 cm³/mol. The van der Waals surface area contributed by atoms with E-state index in [2.05, 4.69) is 44.3 Å². The van der Waals surface area contributed by atoms with Crippen LogP contribution in [0, 0.1) is 5.92 Å². The molecule has 44 heavy (non-hydrogen) atoms. The van der Waals surface area contributed by atoms with Gasteiger partial charge in [-0.05, 0) is 59.7 Å². The van der Waals surface area contributed by atoms with Crippen molar-refractivity contribution in [1.82, 2.24) is 4.90 Å². The average Bonchev–Trinajstić information content (AvgIpc) is 3.34. The first-order chi connectivity index (χ1) is 21.2. The highest BCUT2D eigenvalue weighted by atomic mass is 28.3. The number of aryl methyl sites for hydroxylation is 1. The van der Waals surface area contributed by atoms with E-state index in [9.17, 15) is 14.7 Å². The zero-order valence-corrected chi connectivity index (χ0v) is 27.4. The highest BCUT2D eigenvalue weighted by Crippen LogP contribution is 2.46. The number of nitrogens with zero attached hydrogens (tertiary/aromatic N) is 2. The van der Waals surface area contributed by atoms with Gasteiger partial charge >= 0.3 is 0 Å². The third-order valence-electron chi connectivity index (χ3n) is 9.70. The molecular formula is C36H46N2O5Si. The summed E-state index contributed by atoms with van der Waals surface area (Å²) in [4.78, 5) is 29.3. The van der Waals surface area contributed by atoms with Gasteiger partial charge in [-0.25, -0.2) is 0 Å². The molecule has 0 radical (unpaired) electrons. The second-order valence-electron chi connectivity index (χ2n) is 12.8. The zero-order valence-electron chi connectivity index (χ0n) is 26.4. The van der Waals surface area contributed by atoms with E-state index in [-0.39, 0.29) is 42.1 Å². The summed E-state index contributed by atoms with van der Waals surface area (Å²) in [6.07, 6.45) is 2.48. The summed E-state index contributed by atoms with van der Waals surface area (Å²) >= 11 is 0. The zero-order chi connectivity index (χ0) is 31.3. The van der Waals surface area contributed by atoms with Crippen molar-refractivity contribution >= 4 is 30.8 Å². The molecule has 3 aromatic carbocycles. The molecule has 0 aromatic heterocycles. The van der Waals surface area contributed by atoms with E-state index < -0.39 is 8.07 Å². The van der Waals surface area contributed by atoms with Crippen LogP contribution >= 0.6 is 0 Å². The highest BCUT2D eigenvalue weighted by Gasteiger charge is 2.51. The molecule has 2 heterocycles. The number of anilines is 1. The maximum Gasteiger partial charge on any atom is 0.228 e. The lowest BCUT2D eigenvalue weighted by molar-refractivity contribution is -0.135. The molecule has 2 fully saturated rings. The molecule has 3 aromatic rings. The van der Waals surface area contributed by atoms with Crippen molar-refractivity contribution < 1.29 is 24.2 Å². The van der Waals surface area contributed by atoms with Crippen molar-refractivity contribution in [1.29, 1.82) is 0 Å². The number of aliphatic hydroxyl groups is 1. The van der Waals surface area contributed by atoms with E-state index in [0.29, 0.717) is 25.9 Å². The first-order valence-electron chi connectivity index (χ1n) is 15.8. The number of hydrogen-bond acceptors (Lipinski definition) is 5. The van der Waals surface area contributed by atoms with Gasteiger partial charge in [-0.15, -0.1) is 0 Å². The van der Waals surface area contributed by atoms with Gasteiger partial charge in [0.15, 0.2) is 0 Å². The Morgan fingerprint density at radius 2 is 1.70 bits per heavy atom. The first kappa shape index (κ1) is 31.9. The van der Waals surface area contributed by atoms with Crippen LogP contribution < -0.4 is 14.8 Å². The quantitative estimate of drug-likeness (QED) is 0.213. The SMILES string of the molecule is COc1ccc([Si](C)(C)[C@H]2[C@H](C)[C@H](CCc3ccc(N4CCC4=O)cc3)O[C@@H]2CC(=O)N(CCO)Cc2ccccc2)cc1. The van der Waals surface area contributed by atoms with E-state index in [4.69, 9.17) is 9.47 Å². The maximum atomic E-state index is 13.8. The second-order valence-corrected chi connectivity index (χ2v) is 17.5. The van der Waals surface area contributed by atoms with Crippen LogP contribution in [-0.4, -0.2) is 68.9 Å². The van der Waals surface area contributed by atoms with Gasteiger partial charge in [-0.3, -0.25) is 9.59 Å². The van der Waals surface area contributed by atoms with E-state index in [0.717, 1.165) is 36.4 Å². The number of carbonyl (C=O) groups is 2. The first-order valence-corrected chi connectivity index (χ1v) is 18.9. The van der Waals surface area contributed by atoms with Crippen molar-refractivity contribution in [2.75, 3.05) is 31.7 Å². The Balaban J connectivity index is 1.34. The largest absolute Gasteiger partial charge is 0.497 e. The molecule has 2 saturated heterocycles. The van der Waals surface area contributed by atoms with Crippen molar-refractivity contribution in [2.24, 2.45) is 5.92 Å². The maximum absolute atomic E-state index is 13.8. The summed E-state index contributed by atoms with van der Waals surface area (Å²) in [7, 11) is -0.432. The molecule has 234 valence electrons. The lowest BCUT2D eigenvalue weighted by atomic mass is 9.95. The number of carbonyl (C=O) groups excluding carboxylic acids is 2. The minimum absolute atomic E-state index is 0.0152. The Bertz CT molecular complexity index is 1400. The van der Waals surface area contributed by atoms with Crippen LogP contribution in [0.1, 0.15) is 37.3 Å². The Labute approximate surface area is 262 Å². The van der Waals surface area contributed by atoms with Crippen molar-refractivity contribution in [3.63, 3.8) is 0 Å². The standard InChI is InChI=1S/C36H46N2O5Si/c1-26-32(19-12-27-10-13-29(14-11-27)38-21-20-34(38)40)43-33(36(26)44(3,4)31-17-15-30(42-2)16-18-31)24-35(41)37(22-23-39)25-28-8-6-5-7-9-28/h5-11,13-18,26,32-33,36,39H,12,19-25H2,1-4H3/t26-,32+,33-,36+/m1/s1. The van der Waals surface area contributed by atoms with Crippen LogP contribution in [0.15, 0.2) is 78.9 Å². The molecule has 2 amide bonds. The Hall–Kier alpha value is -3.46. The second kappa shape index (κ2) is 14.1. The number of aliphatic hydroxyl groups excluding tert-OH is 1. The monoisotopic (exact) mass is 614 g/mol. The highest BCUT2D eigenvalue weighted by molar-refractivity contribution is 6.91. The van der Waals surface area contributed by atoms with Crippen LogP contribution in [0.3, 0.4) is 0 Å². The predicted octanol–water partition coefficient (Wildman–Crippen LogP) is 5.17. The van der Waals surface area contributed by atoms with Crippen molar-refractivity contribution in [3.05, 3.63) is 90.0 Å². The van der Waals surface area contributed by atoms with Crippen LogP contribution in [0.25, 0.3) is 0 Å². The summed E-state index contributed by atoms with van der Waals surface area (Å²) in [5, 5.41) is 11.1. The molecule has 8 heteroatoms. The van der Waals surface area contributed by atoms with E-state index in [1.807, 2.05) is 59.5 Å². The third kappa shape index (κ3) is 7.09. The van der Waals surface area contributed by atoms with Crippen LogP contribution in [-0.2, 0) is 27.3 Å². The number of methoxy groups -OCH3 is 1. The van der Waals surface area contributed by atoms with Crippen LogP contribution in [0.2, 0.25) is 18.6 Å². The molecule has 1 N–H and O–H groups in total. The molecule has 2 aliphatic heterocycles. The Morgan fingerprint density at radius 3 is 2.30 bits per heavy atom. The van der Waals surface area contributed by atoms with E-state index >= 15 is 0 Å². The number of benzene rings is 3. The van der Waals surface area contributed by atoms with E-state index in [1.165, 1.54) is 10.8 Å². The van der Waals surface area contributed by atoms with Crippen LogP contribution in [0.4, 0.5) is 5.69 Å². The smallest absolute Gasteiger partial charge is 0.228 e. The summed E-state index contributed by atoms with van der Waals surface area (Å²) in [6.45, 7) is 8.56. The van der Waals surface area contributed by atoms with E-state index in [1.54, 1.807) is 12.0 Å². The fraction of sp³-hybridized carbons (Fsp3) is 0.444. The van der Waals surface area contributed by atoms with Gasteiger partial charge in [-0.1, -0.05) is 79.8 Å². The molecular weight excluding hydrogens is 568 g/mol. The number of ether oxygens (including phenoxy) is 2. The average molecular weight is 615 g/mol. The fourth-order valence-electron chi connectivity index (χ4n) is 7.10. The molecule has 4 atom stereocenters. The molecule has 2 aliphatic rings. The topological polar surface area (TPSA) is 79.3 Å². The normalized spacial score (nSPS) is 21.7.